The summed E-state index contributed by atoms with van der Waals surface area (Å²) in [6.45, 7) is 8.99. The number of fused-ring (bicyclic) bond motifs is 1. The Kier molecular flexibility index (Phi) is 8.16. The summed E-state index contributed by atoms with van der Waals surface area (Å²) in [6.07, 6.45) is 4.41. The van der Waals surface area contributed by atoms with Crippen LogP contribution in [0.4, 0.5) is 5.69 Å². The first-order valence-electron chi connectivity index (χ1n) is 12.8. The molecule has 1 unspecified atom stereocenters. The number of benzene rings is 1. The van der Waals surface area contributed by atoms with Crippen molar-refractivity contribution >= 4 is 22.4 Å². The van der Waals surface area contributed by atoms with Crippen LogP contribution in [0.3, 0.4) is 0 Å². The molecule has 0 fully saturated rings. The van der Waals surface area contributed by atoms with E-state index < -0.39 is 22.9 Å². The van der Waals surface area contributed by atoms with Crippen LogP contribution in [0.2, 0.25) is 0 Å². The average Bonchev–Trinajstić information content (AvgIpc) is 2.90. The summed E-state index contributed by atoms with van der Waals surface area (Å²) in [6, 6.07) is 11.3. The fraction of sp³-hybridized carbons (Fsp3) is 0.345. The molecule has 4 rings (SSSR count). The molecule has 38 heavy (non-hydrogen) atoms. The molecule has 0 aliphatic heterocycles. The highest BCUT2D eigenvalue weighted by Gasteiger charge is 2.33. The summed E-state index contributed by atoms with van der Waals surface area (Å²) in [5.41, 5.74) is 0.509. The number of anilines is 1. The molecule has 0 spiro atoms. The second-order valence-corrected chi connectivity index (χ2v) is 9.62. The van der Waals surface area contributed by atoms with Gasteiger partial charge in [0.1, 0.15) is 17.5 Å². The van der Waals surface area contributed by atoms with Gasteiger partial charge in [0.05, 0.1) is 5.39 Å². The Balaban J connectivity index is 1.59. The van der Waals surface area contributed by atoms with E-state index in [1.165, 1.54) is 11.1 Å². The summed E-state index contributed by atoms with van der Waals surface area (Å²) in [5, 5.41) is 15.1. The van der Waals surface area contributed by atoms with Gasteiger partial charge in [0.15, 0.2) is 0 Å². The Hall–Kier alpha value is -4.11. The Morgan fingerprint density at radius 3 is 2.32 bits per heavy atom. The number of aliphatic carboxylic acids is 1. The summed E-state index contributed by atoms with van der Waals surface area (Å²) in [4.78, 5) is 45.1. The maximum Gasteiger partial charge on any atom is 0.328 e. The molecule has 198 valence electrons. The zero-order valence-corrected chi connectivity index (χ0v) is 22.0. The van der Waals surface area contributed by atoms with Crippen LogP contribution in [0.5, 0.6) is 11.6 Å². The SMILES string of the molecule is CCN(CC)N(c1cc(=O)c1=O)C(Cc1ccc(Oc2nc(CC(C)C)cc3ccncc23)cc1)C(=O)O. The van der Waals surface area contributed by atoms with E-state index in [2.05, 4.69) is 24.9 Å². The number of hydrazine groups is 1. The van der Waals surface area contributed by atoms with Gasteiger partial charge < -0.3 is 9.84 Å². The van der Waals surface area contributed by atoms with E-state index in [4.69, 9.17) is 9.72 Å². The standard InChI is InChI=1S/C29H32N4O5/c1-5-32(6-2)33(24-16-26(34)27(24)35)25(29(36)37)14-19-7-9-22(10-8-19)38-28-23-17-30-12-11-20(23)15-21(31-28)13-18(3)4/h7-12,15-18,25H,5-6,13-14H2,1-4H3,(H,36,37). The number of aromatic nitrogens is 2. The normalized spacial score (nSPS) is 12.4. The zero-order chi connectivity index (χ0) is 27.4. The summed E-state index contributed by atoms with van der Waals surface area (Å²) >= 11 is 0. The van der Waals surface area contributed by atoms with Crippen molar-refractivity contribution in [2.24, 2.45) is 5.92 Å². The molecule has 0 aliphatic carbocycles. The minimum Gasteiger partial charge on any atom is -0.480 e. The lowest BCUT2D eigenvalue weighted by molar-refractivity contribution is -0.139. The topological polar surface area (TPSA) is 113 Å². The summed E-state index contributed by atoms with van der Waals surface area (Å²) < 4.78 is 6.16. The molecular formula is C29H32N4O5. The minimum atomic E-state index is -1.09. The number of ether oxygens (including phenoxy) is 1. The van der Waals surface area contributed by atoms with Crippen molar-refractivity contribution in [3.8, 4) is 11.6 Å². The monoisotopic (exact) mass is 516 g/mol. The van der Waals surface area contributed by atoms with Gasteiger partial charge in [0, 0.05) is 43.7 Å². The fourth-order valence-corrected chi connectivity index (χ4v) is 4.54. The molecule has 2 aromatic carbocycles. The van der Waals surface area contributed by atoms with Crippen molar-refractivity contribution in [3.05, 3.63) is 86.6 Å². The number of nitrogens with zero attached hydrogens (tertiary/aromatic N) is 4. The maximum absolute atomic E-state index is 12.3. The molecule has 0 aliphatic rings. The van der Waals surface area contributed by atoms with E-state index in [1.807, 2.05) is 19.9 Å². The highest BCUT2D eigenvalue weighted by Crippen LogP contribution is 2.29. The van der Waals surface area contributed by atoms with Gasteiger partial charge in [-0.25, -0.2) is 14.8 Å². The van der Waals surface area contributed by atoms with Crippen molar-refractivity contribution < 1.29 is 14.6 Å². The van der Waals surface area contributed by atoms with Gasteiger partial charge in [0.2, 0.25) is 16.7 Å². The summed E-state index contributed by atoms with van der Waals surface area (Å²) in [7, 11) is 0. The van der Waals surface area contributed by atoms with Crippen molar-refractivity contribution in [2.75, 3.05) is 18.1 Å². The lowest BCUT2D eigenvalue weighted by atomic mass is 10.0. The van der Waals surface area contributed by atoms with Crippen LogP contribution in [-0.4, -0.2) is 45.2 Å². The van der Waals surface area contributed by atoms with Crippen molar-refractivity contribution in [3.63, 3.8) is 0 Å². The molecule has 9 nitrogen and oxygen atoms in total. The molecule has 4 aromatic rings. The van der Waals surface area contributed by atoms with E-state index in [9.17, 15) is 19.5 Å². The highest BCUT2D eigenvalue weighted by atomic mass is 16.5. The van der Waals surface area contributed by atoms with Crippen LogP contribution in [-0.2, 0) is 17.6 Å². The molecule has 0 saturated heterocycles. The lowest BCUT2D eigenvalue weighted by Gasteiger charge is -2.39. The summed E-state index contributed by atoms with van der Waals surface area (Å²) in [5.74, 6) is 0.379. The van der Waals surface area contributed by atoms with Gasteiger partial charge >= 0.3 is 5.97 Å². The number of carboxylic acid groups (broad SMARTS) is 1. The molecule has 2 aromatic heterocycles. The van der Waals surface area contributed by atoms with Gasteiger partial charge in [-0.1, -0.05) is 39.8 Å². The molecule has 0 bridgehead atoms. The van der Waals surface area contributed by atoms with E-state index in [1.54, 1.807) is 41.7 Å². The third-order valence-electron chi connectivity index (χ3n) is 6.42. The second-order valence-electron chi connectivity index (χ2n) is 9.62. The van der Waals surface area contributed by atoms with Crippen LogP contribution in [0.15, 0.2) is 64.4 Å². The predicted octanol–water partition coefficient (Wildman–Crippen LogP) is 3.98. The molecule has 1 N–H and O–H groups in total. The number of hydrogen-bond donors (Lipinski definition) is 1. The van der Waals surface area contributed by atoms with Crippen LogP contribution in [0.1, 0.15) is 39.0 Å². The number of rotatable bonds is 12. The molecule has 2 heterocycles. The molecule has 9 heteroatoms. The van der Waals surface area contributed by atoms with Crippen LogP contribution in [0.25, 0.3) is 10.8 Å². The van der Waals surface area contributed by atoms with Gasteiger partial charge in [0.25, 0.3) is 0 Å². The Bertz CT molecular complexity index is 1490. The largest absolute Gasteiger partial charge is 0.480 e. The van der Waals surface area contributed by atoms with Crippen molar-refractivity contribution in [1.29, 1.82) is 0 Å². The predicted molar refractivity (Wildman–Crippen MR) is 146 cm³/mol. The number of pyridine rings is 2. The molecule has 0 radical (unpaired) electrons. The minimum absolute atomic E-state index is 0.110. The van der Waals surface area contributed by atoms with E-state index in [0.29, 0.717) is 30.6 Å². The quantitative estimate of drug-likeness (QED) is 0.221. The van der Waals surface area contributed by atoms with E-state index in [0.717, 1.165) is 28.5 Å². The Morgan fingerprint density at radius 1 is 1.03 bits per heavy atom. The van der Waals surface area contributed by atoms with E-state index >= 15 is 0 Å². The maximum atomic E-state index is 12.3. The number of hydrogen-bond acceptors (Lipinski definition) is 8. The number of carboxylic acids is 1. The molecule has 0 amide bonds. The zero-order valence-electron chi connectivity index (χ0n) is 22.0. The first-order chi connectivity index (χ1) is 18.2. The van der Waals surface area contributed by atoms with Crippen molar-refractivity contribution in [1.82, 2.24) is 15.0 Å². The lowest BCUT2D eigenvalue weighted by Crippen LogP contribution is -2.57. The van der Waals surface area contributed by atoms with Gasteiger partial charge in [-0.15, -0.1) is 0 Å². The fourth-order valence-electron chi connectivity index (χ4n) is 4.54. The first kappa shape index (κ1) is 26.9. The van der Waals surface area contributed by atoms with Crippen LogP contribution >= 0.6 is 0 Å². The van der Waals surface area contributed by atoms with Crippen LogP contribution in [0, 0.1) is 5.92 Å². The van der Waals surface area contributed by atoms with Crippen LogP contribution < -0.4 is 20.6 Å². The molecular weight excluding hydrogens is 484 g/mol. The number of carbonyl (C=O) groups is 1. The molecule has 0 saturated carbocycles. The van der Waals surface area contributed by atoms with E-state index in [-0.39, 0.29) is 12.1 Å². The van der Waals surface area contributed by atoms with Gasteiger partial charge in [-0.05, 0) is 47.6 Å². The molecule has 1 atom stereocenters. The van der Waals surface area contributed by atoms with Gasteiger partial charge in [-0.3, -0.25) is 19.6 Å². The Labute approximate surface area is 221 Å². The third kappa shape index (κ3) is 5.73. The first-order valence-corrected chi connectivity index (χ1v) is 12.8. The third-order valence-corrected chi connectivity index (χ3v) is 6.42. The smallest absolute Gasteiger partial charge is 0.328 e. The highest BCUT2D eigenvalue weighted by molar-refractivity contribution is 5.86. The van der Waals surface area contributed by atoms with Crippen molar-refractivity contribution in [2.45, 2.75) is 46.6 Å². The second kappa shape index (κ2) is 11.5. The van der Waals surface area contributed by atoms with Gasteiger partial charge in [-0.2, -0.15) is 0 Å². The average molecular weight is 517 g/mol. The Morgan fingerprint density at radius 2 is 1.74 bits per heavy atom.